The van der Waals surface area contributed by atoms with E-state index < -0.39 is 6.04 Å². The number of allylic oxidation sites excluding steroid dienone is 2. The molecule has 1 N–H and O–H groups in total. The van der Waals surface area contributed by atoms with E-state index in [-0.39, 0.29) is 41.4 Å². The molecule has 1 heterocycles. The number of anilines is 1. The Kier molecular flexibility index (Phi) is 3.74. The second-order valence-corrected chi connectivity index (χ2v) is 7.42. The van der Waals surface area contributed by atoms with Crippen LogP contribution in [0.1, 0.15) is 25.3 Å². The van der Waals surface area contributed by atoms with Crippen molar-refractivity contribution in [3.05, 3.63) is 42.0 Å². The Morgan fingerprint density at radius 2 is 1.72 bits per heavy atom. The van der Waals surface area contributed by atoms with Crippen LogP contribution in [0, 0.1) is 30.6 Å². The number of benzene rings is 1. The van der Waals surface area contributed by atoms with Gasteiger partial charge in [-0.2, -0.15) is 0 Å². The highest BCUT2D eigenvalue weighted by Gasteiger charge is 2.58. The lowest BCUT2D eigenvalue weighted by atomic mass is 9.63. The van der Waals surface area contributed by atoms with E-state index in [9.17, 15) is 14.4 Å². The average Bonchev–Trinajstić information content (AvgIpc) is 2.88. The third-order valence-corrected chi connectivity index (χ3v) is 5.85. The van der Waals surface area contributed by atoms with Crippen LogP contribution < -0.4 is 5.32 Å². The smallest absolute Gasteiger partial charge is 0.247 e. The van der Waals surface area contributed by atoms with Gasteiger partial charge in [0.05, 0.1) is 11.8 Å². The molecule has 130 valence electrons. The number of carbonyl (C=O) groups excluding carboxylic acids is 3. The molecule has 25 heavy (non-hydrogen) atoms. The predicted octanol–water partition coefficient (Wildman–Crippen LogP) is 2.52. The number of hydrogen-bond acceptors (Lipinski definition) is 3. The molecule has 4 aliphatic rings. The van der Waals surface area contributed by atoms with E-state index in [4.69, 9.17) is 0 Å². The number of hydrogen-bond donors (Lipinski definition) is 1. The molecule has 3 aliphatic carbocycles. The van der Waals surface area contributed by atoms with Crippen molar-refractivity contribution < 1.29 is 14.4 Å². The lowest BCUT2D eigenvalue weighted by Crippen LogP contribution is -2.46. The first kappa shape index (κ1) is 16.1. The van der Waals surface area contributed by atoms with E-state index in [0.717, 1.165) is 18.4 Å². The molecule has 5 nitrogen and oxygen atoms in total. The van der Waals surface area contributed by atoms with E-state index in [0.29, 0.717) is 5.69 Å². The molecule has 2 bridgehead atoms. The van der Waals surface area contributed by atoms with Crippen LogP contribution in [0.4, 0.5) is 5.69 Å². The number of likely N-dealkylation sites (tertiary alicyclic amines) is 1. The summed E-state index contributed by atoms with van der Waals surface area (Å²) >= 11 is 0. The minimum atomic E-state index is -0.800. The number of carbonyl (C=O) groups is 3. The topological polar surface area (TPSA) is 66.5 Å². The minimum absolute atomic E-state index is 0.142. The maximum Gasteiger partial charge on any atom is 0.247 e. The normalized spacial score (nSPS) is 31.2. The van der Waals surface area contributed by atoms with Crippen LogP contribution in [0.2, 0.25) is 0 Å². The first-order valence-corrected chi connectivity index (χ1v) is 8.90. The van der Waals surface area contributed by atoms with Gasteiger partial charge in [0.25, 0.3) is 0 Å². The number of amides is 3. The number of fused-ring (bicyclic) bond motifs is 1. The molecule has 5 rings (SSSR count). The Morgan fingerprint density at radius 3 is 2.24 bits per heavy atom. The molecule has 0 unspecified atom stereocenters. The molecule has 1 saturated carbocycles. The van der Waals surface area contributed by atoms with Gasteiger partial charge in [0.1, 0.15) is 6.04 Å². The zero-order valence-corrected chi connectivity index (χ0v) is 14.4. The lowest BCUT2D eigenvalue weighted by molar-refractivity contribution is -0.146. The minimum Gasteiger partial charge on any atom is -0.324 e. The summed E-state index contributed by atoms with van der Waals surface area (Å²) < 4.78 is 0. The number of rotatable bonds is 3. The molecule has 5 atom stereocenters. The largest absolute Gasteiger partial charge is 0.324 e. The zero-order chi connectivity index (χ0) is 17.7. The maximum absolute atomic E-state index is 12.9. The van der Waals surface area contributed by atoms with Crippen molar-refractivity contribution in [1.29, 1.82) is 0 Å². The summed E-state index contributed by atoms with van der Waals surface area (Å²) in [5, 5.41) is 2.82. The van der Waals surface area contributed by atoms with Gasteiger partial charge in [-0.1, -0.05) is 24.3 Å². The van der Waals surface area contributed by atoms with Crippen molar-refractivity contribution in [2.24, 2.45) is 23.7 Å². The number of nitrogens with zero attached hydrogens (tertiary/aromatic N) is 1. The molecule has 0 spiro atoms. The van der Waals surface area contributed by atoms with Crippen molar-refractivity contribution in [1.82, 2.24) is 4.90 Å². The molecule has 0 aromatic heterocycles. The van der Waals surface area contributed by atoms with Crippen LogP contribution >= 0.6 is 0 Å². The Labute approximate surface area is 147 Å². The zero-order valence-electron chi connectivity index (χ0n) is 14.4. The molecule has 1 saturated heterocycles. The molecular weight excluding hydrogens is 316 g/mol. The molecule has 1 aromatic rings. The third-order valence-electron chi connectivity index (χ3n) is 5.85. The molecule has 0 radical (unpaired) electrons. The van der Waals surface area contributed by atoms with Gasteiger partial charge in [-0.15, -0.1) is 0 Å². The highest BCUT2D eigenvalue weighted by molar-refractivity contribution is 6.10. The van der Waals surface area contributed by atoms with E-state index in [1.165, 1.54) is 4.90 Å². The Balaban J connectivity index is 1.54. The van der Waals surface area contributed by atoms with Gasteiger partial charge in [0.15, 0.2) is 0 Å². The van der Waals surface area contributed by atoms with Gasteiger partial charge in [-0.25, -0.2) is 0 Å². The second kappa shape index (κ2) is 5.83. The highest BCUT2D eigenvalue weighted by atomic mass is 16.2. The fourth-order valence-corrected chi connectivity index (χ4v) is 4.57. The summed E-state index contributed by atoms with van der Waals surface area (Å²) in [5.74, 6) is -0.948. The van der Waals surface area contributed by atoms with Crippen LogP contribution in [0.15, 0.2) is 36.4 Å². The monoisotopic (exact) mass is 338 g/mol. The average molecular weight is 338 g/mol. The Morgan fingerprint density at radius 1 is 1.12 bits per heavy atom. The van der Waals surface area contributed by atoms with Gasteiger partial charge >= 0.3 is 0 Å². The van der Waals surface area contributed by atoms with Gasteiger partial charge in [-0.05, 0) is 56.2 Å². The Bertz CT molecular complexity index is 753. The second-order valence-electron chi connectivity index (χ2n) is 7.42. The Hall–Kier alpha value is -2.43. The van der Waals surface area contributed by atoms with Crippen LogP contribution in [0.25, 0.3) is 0 Å². The van der Waals surface area contributed by atoms with Crippen molar-refractivity contribution in [2.45, 2.75) is 32.7 Å². The van der Waals surface area contributed by atoms with Crippen molar-refractivity contribution in [3.63, 3.8) is 0 Å². The lowest BCUT2D eigenvalue weighted by Gasteiger charge is -2.38. The summed E-state index contributed by atoms with van der Waals surface area (Å²) in [7, 11) is 0. The van der Waals surface area contributed by atoms with Gasteiger partial charge in [0, 0.05) is 5.69 Å². The predicted molar refractivity (Wildman–Crippen MR) is 93.5 cm³/mol. The van der Waals surface area contributed by atoms with E-state index in [2.05, 4.69) is 17.5 Å². The number of nitrogens with one attached hydrogen (secondary N) is 1. The molecule has 1 aromatic carbocycles. The summed E-state index contributed by atoms with van der Waals surface area (Å²) in [4.78, 5) is 39.6. The highest BCUT2D eigenvalue weighted by Crippen LogP contribution is 2.49. The first-order valence-electron chi connectivity index (χ1n) is 8.90. The van der Waals surface area contributed by atoms with Crippen LogP contribution in [0.5, 0.6) is 0 Å². The summed E-state index contributed by atoms with van der Waals surface area (Å²) in [5.41, 5.74) is 1.71. The fourth-order valence-electron chi connectivity index (χ4n) is 4.57. The van der Waals surface area contributed by atoms with Gasteiger partial charge in [-0.3, -0.25) is 19.3 Å². The molecule has 2 fully saturated rings. The van der Waals surface area contributed by atoms with Crippen LogP contribution in [-0.4, -0.2) is 28.7 Å². The summed E-state index contributed by atoms with van der Waals surface area (Å²) in [6.45, 7) is 3.58. The van der Waals surface area contributed by atoms with Crippen molar-refractivity contribution in [2.75, 3.05) is 5.32 Å². The van der Waals surface area contributed by atoms with Gasteiger partial charge in [0.2, 0.25) is 17.7 Å². The van der Waals surface area contributed by atoms with Crippen LogP contribution in [0.3, 0.4) is 0 Å². The molecule has 1 aliphatic heterocycles. The maximum atomic E-state index is 12.9. The SMILES string of the molecule is Cc1cccc(NC(=O)[C@@H](C)N2C(=O)[C@@H]3[C@H](C2=O)[C@H]2C=C[C@H]3CC2)c1. The van der Waals surface area contributed by atoms with E-state index in [1.807, 2.05) is 25.1 Å². The summed E-state index contributed by atoms with van der Waals surface area (Å²) in [6.07, 6.45) is 6.08. The fraction of sp³-hybridized carbons (Fsp3) is 0.450. The third kappa shape index (κ3) is 2.49. The van der Waals surface area contributed by atoms with Crippen molar-refractivity contribution in [3.8, 4) is 0 Å². The van der Waals surface area contributed by atoms with Gasteiger partial charge < -0.3 is 5.32 Å². The van der Waals surface area contributed by atoms with Crippen LogP contribution in [-0.2, 0) is 14.4 Å². The standard InChI is InChI=1S/C20H22N2O3/c1-11-4-3-5-15(10-11)21-18(23)12(2)22-19(24)16-13-6-7-14(9-8-13)17(16)20(22)25/h3-7,10,12-14,16-17H,8-9H2,1-2H3,(H,21,23)/t12-,13+,14+,16-,17+/m1/s1. The summed E-state index contributed by atoms with van der Waals surface area (Å²) in [6, 6.07) is 6.67. The van der Waals surface area contributed by atoms with E-state index >= 15 is 0 Å². The molecular formula is C20H22N2O3. The molecule has 5 heteroatoms. The first-order chi connectivity index (χ1) is 12.0. The number of imide groups is 1. The quantitative estimate of drug-likeness (QED) is 0.680. The van der Waals surface area contributed by atoms with E-state index in [1.54, 1.807) is 13.0 Å². The van der Waals surface area contributed by atoms with Crippen molar-refractivity contribution >= 4 is 23.4 Å². The molecule has 3 amide bonds. The number of aryl methyl sites for hydroxylation is 1.